The molecule has 0 aromatic heterocycles. The average molecular weight is 694 g/mol. The van der Waals surface area contributed by atoms with Crippen molar-refractivity contribution in [3.63, 3.8) is 0 Å². The third-order valence-electron chi connectivity index (χ3n) is 9.76. The SMILES string of the molecule is CCCCCCCCCCCCCCCCCC(=O)N[C@@H](Cc1cccc2ccccc12)C(=O)[C@](N)(CC(C)C)C(=O)N[C@H](C(=O)O)C(C)C. The molecule has 280 valence electrons. The van der Waals surface area contributed by atoms with E-state index in [1.54, 1.807) is 13.8 Å². The summed E-state index contributed by atoms with van der Waals surface area (Å²) < 4.78 is 0. The van der Waals surface area contributed by atoms with Crippen LogP contribution < -0.4 is 16.4 Å². The topological polar surface area (TPSA) is 139 Å². The van der Waals surface area contributed by atoms with Gasteiger partial charge in [0.25, 0.3) is 0 Å². The van der Waals surface area contributed by atoms with Crippen LogP contribution in [0.2, 0.25) is 0 Å². The summed E-state index contributed by atoms with van der Waals surface area (Å²) in [5.74, 6) is -3.47. The summed E-state index contributed by atoms with van der Waals surface area (Å²) >= 11 is 0. The van der Waals surface area contributed by atoms with Crippen molar-refractivity contribution in [1.29, 1.82) is 0 Å². The number of carbonyl (C=O) groups is 4. The van der Waals surface area contributed by atoms with Gasteiger partial charge in [-0.1, -0.05) is 167 Å². The number of unbranched alkanes of at least 4 members (excludes halogenated alkanes) is 14. The van der Waals surface area contributed by atoms with Crippen LogP contribution in [0.1, 0.15) is 149 Å². The minimum atomic E-state index is -2.03. The van der Waals surface area contributed by atoms with E-state index in [0.29, 0.717) is 6.42 Å². The summed E-state index contributed by atoms with van der Waals surface area (Å²) in [6, 6.07) is 11.4. The molecule has 0 unspecified atom stereocenters. The van der Waals surface area contributed by atoms with E-state index in [9.17, 15) is 24.3 Å². The molecule has 2 amide bonds. The van der Waals surface area contributed by atoms with Gasteiger partial charge in [-0.2, -0.15) is 0 Å². The maximum Gasteiger partial charge on any atom is 0.326 e. The highest BCUT2D eigenvalue weighted by Gasteiger charge is 2.47. The van der Waals surface area contributed by atoms with Crippen LogP contribution in [0, 0.1) is 11.8 Å². The molecule has 50 heavy (non-hydrogen) atoms. The van der Waals surface area contributed by atoms with Gasteiger partial charge in [-0.05, 0) is 41.0 Å². The number of carboxylic acid groups (broad SMARTS) is 1. The first-order valence-electron chi connectivity index (χ1n) is 19.5. The van der Waals surface area contributed by atoms with Gasteiger partial charge in [-0.3, -0.25) is 14.4 Å². The van der Waals surface area contributed by atoms with Crippen LogP contribution >= 0.6 is 0 Å². The van der Waals surface area contributed by atoms with Crippen LogP contribution in [0.3, 0.4) is 0 Å². The second-order valence-corrected chi connectivity index (χ2v) is 15.1. The van der Waals surface area contributed by atoms with Crippen LogP contribution in [0.4, 0.5) is 0 Å². The number of amides is 2. The Hall–Kier alpha value is -3.26. The van der Waals surface area contributed by atoms with Crippen LogP contribution in [0.15, 0.2) is 42.5 Å². The standard InChI is InChI=1S/C42H67N3O5/c1-6-7-8-9-10-11-12-13-14-15-16-17-18-19-20-28-37(46)44-36(29-34-26-23-25-33-24-21-22-27-35(33)34)39(47)42(43,30-31(2)3)41(50)45-38(32(4)5)40(48)49/h21-27,31-32,36,38H,6-20,28-30,43H2,1-5H3,(H,44,46)(H,45,50)(H,48,49)/t36-,38-,42+/m0/s1. The third kappa shape index (κ3) is 14.9. The summed E-state index contributed by atoms with van der Waals surface area (Å²) in [6.45, 7) is 9.33. The van der Waals surface area contributed by atoms with Crippen LogP contribution in [-0.2, 0) is 25.6 Å². The monoisotopic (exact) mass is 694 g/mol. The van der Waals surface area contributed by atoms with Gasteiger partial charge in [0, 0.05) is 12.8 Å². The predicted molar refractivity (Wildman–Crippen MR) is 205 cm³/mol. The zero-order chi connectivity index (χ0) is 36.9. The number of rotatable bonds is 27. The van der Waals surface area contributed by atoms with Crippen LogP contribution in [0.25, 0.3) is 10.8 Å². The van der Waals surface area contributed by atoms with Crippen molar-refractivity contribution in [2.24, 2.45) is 17.6 Å². The second kappa shape index (κ2) is 23.3. The molecule has 0 spiro atoms. The van der Waals surface area contributed by atoms with Crippen molar-refractivity contribution in [1.82, 2.24) is 10.6 Å². The molecule has 2 aromatic rings. The smallest absolute Gasteiger partial charge is 0.326 e. The van der Waals surface area contributed by atoms with Gasteiger partial charge < -0.3 is 21.5 Å². The second-order valence-electron chi connectivity index (χ2n) is 15.1. The van der Waals surface area contributed by atoms with Crippen molar-refractivity contribution in [2.75, 3.05) is 0 Å². The number of hydrogen-bond donors (Lipinski definition) is 4. The number of nitrogens with one attached hydrogen (secondary N) is 2. The zero-order valence-electron chi connectivity index (χ0n) is 31.7. The first-order valence-corrected chi connectivity index (χ1v) is 19.5. The number of hydrogen-bond acceptors (Lipinski definition) is 5. The fraction of sp³-hybridized carbons (Fsp3) is 0.667. The summed E-state index contributed by atoms with van der Waals surface area (Å²) in [6.07, 6.45) is 18.9. The highest BCUT2D eigenvalue weighted by Crippen LogP contribution is 2.24. The number of carboxylic acids is 1. The Morgan fingerprint density at radius 1 is 0.720 bits per heavy atom. The largest absolute Gasteiger partial charge is 0.480 e. The zero-order valence-corrected chi connectivity index (χ0v) is 31.7. The highest BCUT2D eigenvalue weighted by atomic mass is 16.4. The molecule has 0 aliphatic rings. The molecule has 0 fully saturated rings. The van der Waals surface area contributed by atoms with E-state index in [-0.39, 0.29) is 31.1 Å². The number of carbonyl (C=O) groups excluding carboxylic acids is 3. The van der Waals surface area contributed by atoms with Gasteiger partial charge in [0.1, 0.15) is 6.04 Å². The summed E-state index contributed by atoms with van der Waals surface area (Å²) in [5.41, 5.74) is 5.53. The molecule has 0 radical (unpaired) electrons. The van der Waals surface area contributed by atoms with Gasteiger partial charge >= 0.3 is 5.97 Å². The summed E-state index contributed by atoms with van der Waals surface area (Å²) in [5, 5.41) is 17.2. The lowest BCUT2D eigenvalue weighted by Crippen LogP contribution is -2.67. The number of aliphatic carboxylic acids is 1. The molecule has 8 heteroatoms. The van der Waals surface area contributed by atoms with Gasteiger partial charge in [0.2, 0.25) is 11.8 Å². The summed E-state index contributed by atoms with van der Waals surface area (Å²) in [7, 11) is 0. The molecule has 0 aliphatic heterocycles. The third-order valence-corrected chi connectivity index (χ3v) is 9.76. The minimum Gasteiger partial charge on any atom is -0.480 e. The first kappa shape index (κ1) is 42.9. The van der Waals surface area contributed by atoms with E-state index >= 15 is 0 Å². The molecular formula is C42H67N3O5. The molecule has 0 aliphatic carbocycles. The maximum absolute atomic E-state index is 14.4. The average Bonchev–Trinajstić information content (AvgIpc) is 3.07. The quantitative estimate of drug-likeness (QED) is 0.0546. The fourth-order valence-corrected chi connectivity index (χ4v) is 6.87. The lowest BCUT2D eigenvalue weighted by molar-refractivity contribution is -0.146. The van der Waals surface area contributed by atoms with Crippen LogP contribution in [-0.4, -0.2) is 46.3 Å². The first-order chi connectivity index (χ1) is 23.9. The van der Waals surface area contributed by atoms with Gasteiger partial charge in [-0.15, -0.1) is 0 Å². The van der Waals surface area contributed by atoms with E-state index in [1.807, 2.05) is 56.3 Å². The van der Waals surface area contributed by atoms with Crippen molar-refractivity contribution in [2.45, 2.75) is 168 Å². The Labute approximate surface area is 302 Å². The number of nitrogens with two attached hydrogens (primary N) is 1. The van der Waals surface area contributed by atoms with Gasteiger partial charge in [-0.25, -0.2) is 4.79 Å². The van der Waals surface area contributed by atoms with E-state index in [4.69, 9.17) is 5.73 Å². The molecule has 2 rings (SSSR count). The molecule has 3 atom stereocenters. The van der Waals surface area contributed by atoms with Gasteiger partial charge in [0.05, 0.1) is 6.04 Å². The molecule has 0 bridgehead atoms. The number of benzene rings is 2. The molecular weight excluding hydrogens is 626 g/mol. The van der Waals surface area contributed by atoms with E-state index in [1.165, 1.54) is 70.6 Å². The molecule has 8 nitrogen and oxygen atoms in total. The highest BCUT2D eigenvalue weighted by molar-refractivity contribution is 6.14. The van der Waals surface area contributed by atoms with E-state index in [0.717, 1.165) is 35.6 Å². The minimum absolute atomic E-state index is 0.00303. The van der Waals surface area contributed by atoms with Crippen LogP contribution in [0.5, 0.6) is 0 Å². The predicted octanol–water partition coefficient (Wildman–Crippen LogP) is 8.67. The van der Waals surface area contributed by atoms with E-state index in [2.05, 4.69) is 17.6 Å². The number of ketones is 1. The normalized spacial score (nSPS) is 14.0. The van der Waals surface area contributed by atoms with E-state index < -0.39 is 41.2 Å². The Morgan fingerprint density at radius 2 is 1.24 bits per heavy atom. The molecule has 2 aromatic carbocycles. The van der Waals surface area contributed by atoms with Gasteiger partial charge in [0.15, 0.2) is 11.3 Å². The Kier molecular flexibility index (Phi) is 20.0. The fourth-order valence-electron chi connectivity index (χ4n) is 6.87. The van der Waals surface area contributed by atoms with Crippen molar-refractivity contribution >= 4 is 34.3 Å². The molecule has 5 N–H and O–H groups in total. The van der Waals surface area contributed by atoms with Crippen molar-refractivity contribution in [3.8, 4) is 0 Å². The van der Waals surface area contributed by atoms with Crippen molar-refractivity contribution < 1.29 is 24.3 Å². The lowest BCUT2D eigenvalue weighted by Gasteiger charge is -2.34. The Balaban J connectivity index is 2.03. The Morgan fingerprint density at radius 3 is 1.76 bits per heavy atom. The number of fused-ring (bicyclic) bond motifs is 1. The Bertz CT molecular complexity index is 1320. The summed E-state index contributed by atoms with van der Waals surface area (Å²) in [4.78, 5) is 53.4. The maximum atomic E-state index is 14.4. The van der Waals surface area contributed by atoms with Crippen molar-refractivity contribution in [3.05, 3.63) is 48.0 Å². The molecule has 0 heterocycles. The molecule has 0 saturated heterocycles. The lowest BCUT2D eigenvalue weighted by atomic mass is 9.79. The molecule has 0 saturated carbocycles. The number of Topliss-reactive ketones (excluding diaryl/α,β-unsaturated/α-hetero) is 1.